The van der Waals surface area contributed by atoms with Gasteiger partial charge in [-0.25, -0.2) is 9.59 Å². The second-order valence-corrected chi connectivity index (χ2v) is 9.82. The second-order valence-electron chi connectivity index (χ2n) is 9.82. The van der Waals surface area contributed by atoms with E-state index in [0.29, 0.717) is 36.3 Å². The van der Waals surface area contributed by atoms with Crippen LogP contribution in [0.3, 0.4) is 0 Å². The summed E-state index contributed by atoms with van der Waals surface area (Å²) < 4.78 is 10.0. The minimum absolute atomic E-state index is 0.115. The number of H-pyrrole nitrogens is 1. The summed E-state index contributed by atoms with van der Waals surface area (Å²) in [4.78, 5) is 48.0. The maximum Gasteiger partial charge on any atom is 0.407 e. The zero-order valence-corrected chi connectivity index (χ0v) is 22.1. The highest BCUT2D eigenvalue weighted by atomic mass is 16.6. The molecule has 0 fully saturated rings. The zero-order chi connectivity index (χ0) is 27.9. The first kappa shape index (κ1) is 28.2. The molecular formula is C26H35N7O5. The number of nitrogens with zero attached hydrogens (tertiary/aromatic N) is 2. The van der Waals surface area contributed by atoms with Crippen molar-refractivity contribution in [3.8, 4) is 0 Å². The van der Waals surface area contributed by atoms with Crippen molar-refractivity contribution in [1.82, 2.24) is 25.6 Å². The molecule has 3 aromatic rings. The molecule has 0 aliphatic carbocycles. The van der Waals surface area contributed by atoms with Crippen molar-refractivity contribution >= 4 is 40.8 Å². The van der Waals surface area contributed by atoms with Gasteiger partial charge in [-0.15, -0.1) is 0 Å². The molecule has 204 valence electrons. The zero-order valence-electron chi connectivity index (χ0n) is 22.1. The van der Waals surface area contributed by atoms with Gasteiger partial charge in [-0.05, 0) is 69.7 Å². The largest absolute Gasteiger partial charge is 0.467 e. The van der Waals surface area contributed by atoms with E-state index in [0.717, 1.165) is 16.5 Å². The van der Waals surface area contributed by atoms with Gasteiger partial charge in [0.05, 0.1) is 12.5 Å². The van der Waals surface area contributed by atoms with E-state index in [9.17, 15) is 14.4 Å². The van der Waals surface area contributed by atoms with Gasteiger partial charge in [0.15, 0.2) is 0 Å². The van der Waals surface area contributed by atoms with Gasteiger partial charge < -0.3 is 36.6 Å². The van der Waals surface area contributed by atoms with E-state index >= 15 is 0 Å². The smallest absolute Gasteiger partial charge is 0.407 e. The van der Waals surface area contributed by atoms with Crippen molar-refractivity contribution in [3.63, 3.8) is 0 Å². The van der Waals surface area contributed by atoms with Gasteiger partial charge in [0.1, 0.15) is 23.1 Å². The van der Waals surface area contributed by atoms with Gasteiger partial charge in [-0.3, -0.25) is 4.79 Å². The number of ether oxygens (including phenoxy) is 2. The molecule has 0 saturated heterocycles. The molecule has 0 spiro atoms. The molecule has 3 rings (SSSR count). The first-order valence-electron chi connectivity index (χ1n) is 12.3. The number of aryl methyl sites for hydroxylation is 2. The number of nitrogens with two attached hydrogens (primary N) is 2. The van der Waals surface area contributed by atoms with Gasteiger partial charge >= 0.3 is 12.1 Å². The van der Waals surface area contributed by atoms with Crippen molar-refractivity contribution in [2.45, 2.75) is 58.1 Å². The minimum Gasteiger partial charge on any atom is -0.467 e. The number of aromatic nitrogens is 3. The van der Waals surface area contributed by atoms with E-state index < -0.39 is 29.6 Å². The molecule has 2 heterocycles. The fourth-order valence-corrected chi connectivity index (χ4v) is 3.89. The monoisotopic (exact) mass is 525 g/mol. The summed E-state index contributed by atoms with van der Waals surface area (Å²) in [5.41, 5.74) is 14.1. The van der Waals surface area contributed by atoms with Gasteiger partial charge in [-0.1, -0.05) is 12.1 Å². The van der Waals surface area contributed by atoms with Crippen molar-refractivity contribution in [1.29, 1.82) is 0 Å². The Morgan fingerprint density at radius 2 is 1.79 bits per heavy atom. The van der Waals surface area contributed by atoms with E-state index in [-0.39, 0.29) is 18.9 Å². The number of hydrogen-bond acceptors (Lipinski definition) is 9. The Kier molecular flexibility index (Phi) is 9.11. The van der Waals surface area contributed by atoms with Gasteiger partial charge in [0, 0.05) is 18.3 Å². The third kappa shape index (κ3) is 7.82. The number of alkyl carbamates (subject to hydrolysis) is 1. The summed E-state index contributed by atoms with van der Waals surface area (Å²) in [5.74, 6) is -0.511. The van der Waals surface area contributed by atoms with Crippen LogP contribution in [-0.2, 0) is 27.1 Å². The van der Waals surface area contributed by atoms with Crippen LogP contribution in [-0.4, -0.2) is 58.2 Å². The molecule has 1 aromatic carbocycles. The van der Waals surface area contributed by atoms with E-state index in [1.54, 1.807) is 32.9 Å². The Morgan fingerprint density at radius 1 is 1.08 bits per heavy atom. The Morgan fingerprint density at radius 3 is 2.45 bits per heavy atom. The lowest BCUT2D eigenvalue weighted by atomic mass is 10.0. The maximum atomic E-state index is 12.8. The maximum absolute atomic E-state index is 12.8. The first-order valence-corrected chi connectivity index (χ1v) is 12.3. The number of carbonyl (C=O) groups excluding carboxylic acids is 3. The topological polar surface area (TPSA) is 187 Å². The normalized spacial score (nSPS) is 12.1. The molecule has 38 heavy (non-hydrogen) atoms. The lowest BCUT2D eigenvalue weighted by Crippen LogP contribution is -2.42. The Hall–Kier alpha value is -4.35. The Balaban J connectivity index is 1.53. The number of nitrogen functional groups attached to an aromatic ring is 2. The third-order valence-electron chi connectivity index (χ3n) is 5.69. The van der Waals surface area contributed by atoms with Crippen LogP contribution in [0, 0.1) is 0 Å². The van der Waals surface area contributed by atoms with Crippen LogP contribution in [0.25, 0.3) is 11.0 Å². The summed E-state index contributed by atoms with van der Waals surface area (Å²) in [7, 11) is 1.26. The van der Waals surface area contributed by atoms with E-state index in [1.807, 2.05) is 18.3 Å². The molecule has 2 aromatic heterocycles. The second kappa shape index (κ2) is 12.3. The molecule has 0 aliphatic rings. The Bertz CT molecular complexity index is 1280. The minimum atomic E-state index is -0.851. The number of nitrogens with one attached hydrogen (secondary N) is 3. The predicted molar refractivity (Wildman–Crippen MR) is 143 cm³/mol. The number of carbonyl (C=O) groups is 3. The van der Waals surface area contributed by atoms with Crippen LogP contribution in [0.2, 0.25) is 0 Å². The van der Waals surface area contributed by atoms with E-state index in [2.05, 4.69) is 25.6 Å². The number of anilines is 2. The lowest BCUT2D eigenvalue weighted by molar-refractivity contribution is -0.143. The summed E-state index contributed by atoms with van der Waals surface area (Å²) in [6.45, 7) is 5.60. The summed E-state index contributed by atoms with van der Waals surface area (Å²) in [6, 6.07) is 6.28. The van der Waals surface area contributed by atoms with Crippen LogP contribution in [0.4, 0.5) is 16.6 Å². The molecule has 0 bridgehead atoms. The average molecular weight is 526 g/mol. The highest BCUT2D eigenvalue weighted by Gasteiger charge is 2.22. The number of fused-ring (bicyclic) bond motifs is 1. The molecule has 0 radical (unpaired) electrons. The number of rotatable bonds is 10. The molecule has 2 amide bonds. The van der Waals surface area contributed by atoms with Crippen LogP contribution in [0.15, 0.2) is 30.5 Å². The number of methoxy groups -OCH3 is 1. The molecule has 7 N–H and O–H groups in total. The predicted octanol–water partition coefficient (Wildman–Crippen LogP) is 2.48. The highest BCUT2D eigenvalue weighted by Crippen LogP contribution is 2.24. The van der Waals surface area contributed by atoms with Crippen molar-refractivity contribution < 1.29 is 23.9 Å². The Labute approximate surface area is 220 Å². The fraction of sp³-hybridized carbons (Fsp3) is 0.423. The van der Waals surface area contributed by atoms with Crippen molar-refractivity contribution in [3.05, 3.63) is 47.2 Å². The summed E-state index contributed by atoms with van der Waals surface area (Å²) in [5, 5.41) is 6.10. The standard InChI is InChI=1S/C26H35N7O5/c1-26(2,3)38-25(36)29-13-5-6-18(23(35)37-4)31-22(34)16-10-7-15(8-11-16)9-12-17-14-30-21-19(17)20(27)32-24(28)33-21/h7-8,10-11,14,18H,5-6,9,12-13H2,1-4H3,(H,29,36)(H,31,34)(H5,27,28,30,32,33)/t18-/m0/s1. The van der Waals surface area contributed by atoms with Crippen molar-refractivity contribution in [2.24, 2.45) is 0 Å². The third-order valence-corrected chi connectivity index (χ3v) is 5.69. The van der Waals surface area contributed by atoms with Gasteiger partial charge in [0.2, 0.25) is 5.95 Å². The number of amides is 2. The number of aromatic amines is 1. The number of hydrogen-bond donors (Lipinski definition) is 5. The quantitative estimate of drug-likeness (QED) is 0.196. The molecule has 0 unspecified atom stereocenters. The van der Waals surface area contributed by atoms with E-state index in [1.165, 1.54) is 7.11 Å². The summed E-state index contributed by atoms with van der Waals surface area (Å²) >= 11 is 0. The SMILES string of the molecule is COC(=O)[C@H](CCCNC(=O)OC(C)(C)C)NC(=O)c1ccc(CCc2c[nH]c3nc(N)nc(N)c23)cc1. The molecule has 0 aliphatic heterocycles. The summed E-state index contributed by atoms with van der Waals surface area (Å²) in [6.07, 6.45) is 3.41. The fourth-order valence-electron chi connectivity index (χ4n) is 3.89. The molecule has 1 atom stereocenters. The average Bonchev–Trinajstić information content (AvgIpc) is 3.26. The number of esters is 1. The molecule has 12 nitrogen and oxygen atoms in total. The van der Waals surface area contributed by atoms with Gasteiger partial charge in [0.25, 0.3) is 5.91 Å². The molecule has 0 saturated carbocycles. The van der Waals surface area contributed by atoms with Gasteiger partial charge in [-0.2, -0.15) is 9.97 Å². The molecular weight excluding hydrogens is 490 g/mol. The van der Waals surface area contributed by atoms with E-state index in [4.69, 9.17) is 20.9 Å². The van der Waals surface area contributed by atoms with Crippen LogP contribution in [0.5, 0.6) is 0 Å². The van der Waals surface area contributed by atoms with Crippen LogP contribution >= 0.6 is 0 Å². The van der Waals surface area contributed by atoms with Crippen molar-refractivity contribution in [2.75, 3.05) is 25.1 Å². The van der Waals surface area contributed by atoms with Crippen LogP contribution in [0.1, 0.15) is 55.1 Å². The lowest BCUT2D eigenvalue weighted by Gasteiger charge is -2.20. The highest BCUT2D eigenvalue weighted by molar-refractivity contribution is 5.96. The number of benzene rings is 1. The van der Waals surface area contributed by atoms with Crippen LogP contribution < -0.4 is 22.1 Å². The first-order chi connectivity index (χ1) is 18.0. The molecule has 12 heteroatoms.